The summed E-state index contributed by atoms with van der Waals surface area (Å²) in [6.45, 7) is 1.66. The van der Waals surface area contributed by atoms with Crippen molar-refractivity contribution in [1.82, 2.24) is 4.90 Å². The van der Waals surface area contributed by atoms with Crippen LogP contribution in [-0.4, -0.2) is 38.0 Å². The van der Waals surface area contributed by atoms with Gasteiger partial charge in [0.25, 0.3) is 5.91 Å². The predicted molar refractivity (Wildman–Crippen MR) is 131 cm³/mol. The third kappa shape index (κ3) is 5.07. The first-order valence-electron chi connectivity index (χ1n) is 10.6. The molecule has 0 aromatic heterocycles. The maximum absolute atomic E-state index is 13.3. The van der Waals surface area contributed by atoms with Crippen molar-refractivity contribution in [2.24, 2.45) is 0 Å². The van der Waals surface area contributed by atoms with Gasteiger partial charge in [0, 0.05) is 29.4 Å². The van der Waals surface area contributed by atoms with Gasteiger partial charge in [0.15, 0.2) is 0 Å². The molecule has 3 aromatic rings. The number of carbonyl (C=O) groups is 1. The normalized spacial score (nSPS) is 13.6. The number of halogens is 1. The highest BCUT2D eigenvalue weighted by atomic mass is 35.5. The molecule has 0 bridgehead atoms. The van der Waals surface area contributed by atoms with Crippen LogP contribution in [0, 0.1) is 0 Å². The first-order valence-corrected chi connectivity index (χ1v) is 11.0. The predicted octanol–water partition coefficient (Wildman–Crippen LogP) is 6.17. The lowest BCUT2D eigenvalue weighted by Gasteiger charge is -2.30. The molecule has 0 atom stereocenters. The number of rotatable bonds is 5. The third-order valence-electron chi connectivity index (χ3n) is 5.56. The number of amides is 1. The Morgan fingerprint density at radius 3 is 2.35 bits per heavy atom. The Morgan fingerprint density at radius 2 is 1.68 bits per heavy atom. The lowest BCUT2D eigenvalue weighted by molar-refractivity contribution is 0.0985. The number of aryl methyl sites for hydroxylation is 1. The summed E-state index contributed by atoms with van der Waals surface area (Å²) in [5.74, 6) is 0.0551. The van der Waals surface area contributed by atoms with Crippen LogP contribution >= 0.6 is 11.6 Å². The summed E-state index contributed by atoms with van der Waals surface area (Å²) in [7, 11) is 4.12. The van der Waals surface area contributed by atoms with Gasteiger partial charge in [0.05, 0.1) is 0 Å². The highest BCUT2D eigenvalue weighted by Gasteiger charge is 2.23. The monoisotopic (exact) mass is 430 g/mol. The molecule has 3 aromatic carbocycles. The summed E-state index contributed by atoms with van der Waals surface area (Å²) in [6.07, 6.45) is 6.29. The third-order valence-corrected chi connectivity index (χ3v) is 5.81. The van der Waals surface area contributed by atoms with Crippen LogP contribution in [0.25, 0.3) is 17.2 Å². The molecule has 1 aliphatic rings. The van der Waals surface area contributed by atoms with Crippen molar-refractivity contribution in [3.8, 4) is 11.1 Å². The van der Waals surface area contributed by atoms with E-state index in [0.29, 0.717) is 5.56 Å². The molecule has 0 unspecified atom stereocenters. The van der Waals surface area contributed by atoms with Gasteiger partial charge in [0.1, 0.15) is 0 Å². The van der Waals surface area contributed by atoms with Crippen LogP contribution in [0.4, 0.5) is 5.69 Å². The largest absolute Gasteiger partial charge is 0.308 e. The number of hydrogen-bond donors (Lipinski definition) is 0. The summed E-state index contributed by atoms with van der Waals surface area (Å²) >= 11 is 5.98. The molecule has 0 saturated carbocycles. The van der Waals surface area contributed by atoms with Crippen LogP contribution in [-0.2, 0) is 6.42 Å². The molecule has 1 aliphatic heterocycles. The molecule has 1 heterocycles. The van der Waals surface area contributed by atoms with Gasteiger partial charge >= 0.3 is 0 Å². The molecular weight excluding hydrogens is 404 g/mol. The second kappa shape index (κ2) is 9.51. The molecule has 0 saturated heterocycles. The van der Waals surface area contributed by atoms with Crippen molar-refractivity contribution in [3.63, 3.8) is 0 Å². The molecule has 0 aliphatic carbocycles. The molecule has 158 valence electrons. The van der Waals surface area contributed by atoms with E-state index in [9.17, 15) is 4.79 Å². The molecule has 3 nitrogen and oxygen atoms in total. The number of fused-ring (bicyclic) bond motifs is 1. The molecule has 4 rings (SSSR count). The van der Waals surface area contributed by atoms with Crippen molar-refractivity contribution in [2.75, 3.05) is 32.1 Å². The topological polar surface area (TPSA) is 23.6 Å². The smallest absolute Gasteiger partial charge is 0.258 e. The first-order chi connectivity index (χ1) is 15.0. The van der Waals surface area contributed by atoms with Crippen molar-refractivity contribution in [1.29, 1.82) is 0 Å². The van der Waals surface area contributed by atoms with Crippen molar-refractivity contribution in [3.05, 3.63) is 94.5 Å². The summed E-state index contributed by atoms with van der Waals surface area (Å²) in [5.41, 5.74) is 6.32. The van der Waals surface area contributed by atoms with E-state index < -0.39 is 0 Å². The lowest BCUT2D eigenvalue weighted by Crippen LogP contribution is -2.35. The van der Waals surface area contributed by atoms with E-state index in [2.05, 4.69) is 49.3 Å². The number of anilines is 1. The fourth-order valence-corrected chi connectivity index (χ4v) is 4.06. The Bertz CT molecular complexity index is 1090. The highest BCUT2D eigenvalue weighted by molar-refractivity contribution is 6.30. The zero-order chi connectivity index (χ0) is 21.8. The zero-order valence-corrected chi connectivity index (χ0v) is 18.8. The van der Waals surface area contributed by atoms with E-state index in [1.54, 1.807) is 0 Å². The van der Waals surface area contributed by atoms with Gasteiger partial charge in [-0.1, -0.05) is 54.1 Å². The maximum atomic E-state index is 13.3. The number of hydrogen-bond acceptors (Lipinski definition) is 2. The summed E-state index contributed by atoms with van der Waals surface area (Å²) in [6, 6.07) is 22.0. The van der Waals surface area contributed by atoms with E-state index >= 15 is 0 Å². The van der Waals surface area contributed by atoms with Gasteiger partial charge in [0.2, 0.25) is 0 Å². The van der Waals surface area contributed by atoms with Crippen LogP contribution in [0.3, 0.4) is 0 Å². The average molecular weight is 431 g/mol. The van der Waals surface area contributed by atoms with Gasteiger partial charge in [-0.2, -0.15) is 0 Å². The molecule has 0 N–H and O–H groups in total. The average Bonchev–Trinajstić information content (AvgIpc) is 2.78. The number of likely N-dealkylation sites (N-methyl/N-ethyl adjacent to an activating group) is 1. The van der Waals surface area contributed by atoms with Crippen LogP contribution in [0.15, 0.2) is 72.8 Å². The van der Waals surface area contributed by atoms with E-state index in [0.717, 1.165) is 47.8 Å². The van der Waals surface area contributed by atoms with E-state index in [1.165, 1.54) is 11.1 Å². The molecule has 0 radical (unpaired) electrons. The second-order valence-corrected chi connectivity index (χ2v) is 8.63. The SMILES string of the molecule is CN(C)CC=Cc1ccc2c(c1)CCCN2C(=O)c1ccc(-c2ccc(Cl)cc2)cc1. The Balaban J connectivity index is 1.53. The molecule has 4 heteroatoms. The summed E-state index contributed by atoms with van der Waals surface area (Å²) < 4.78 is 0. The summed E-state index contributed by atoms with van der Waals surface area (Å²) in [4.78, 5) is 17.3. The summed E-state index contributed by atoms with van der Waals surface area (Å²) in [5, 5.41) is 0.718. The Morgan fingerprint density at radius 1 is 1.00 bits per heavy atom. The van der Waals surface area contributed by atoms with Gasteiger partial charge in [-0.3, -0.25) is 4.79 Å². The molecule has 31 heavy (non-hydrogen) atoms. The maximum Gasteiger partial charge on any atom is 0.258 e. The first kappa shape index (κ1) is 21.4. The molecule has 0 spiro atoms. The zero-order valence-electron chi connectivity index (χ0n) is 18.0. The Kier molecular flexibility index (Phi) is 6.55. The standard InChI is InChI=1S/C27H27ClN2O/c1-29(2)17-3-5-20-7-16-26-24(19-20)6-4-18-30(26)27(31)23-10-8-21(9-11-23)22-12-14-25(28)15-13-22/h3,5,7-16,19H,4,6,17-18H2,1-2H3. The fourth-order valence-electron chi connectivity index (χ4n) is 3.93. The number of benzene rings is 3. The molecular formula is C27H27ClN2O. The van der Waals surface area contributed by atoms with Crippen LogP contribution in [0.1, 0.15) is 27.9 Å². The van der Waals surface area contributed by atoms with Crippen molar-refractivity contribution >= 4 is 29.3 Å². The molecule has 1 amide bonds. The Labute approximate surface area is 189 Å². The van der Waals surface area contributed by atoms with E-state index in [4.69, 9.17) is 11.6 Å². The van der Waals surface area contributed by atoms with Crippen molar-refractivity contribution < 1.29 is 4.79 Å². The van der Waals surface area contributed by atoms with E-state index in [1.807, 2.05) is 53.4 Å². The quantitative estimate of drug-likeness (QED) is 0.482. The minimum absolute atomic E-state index is 0.0551. The highest BCUT2D eigenvalue weighted by Crippen LogP contribution is 2.30. The van der Waals surface area contributed by atoms with Gasteiger partial charge < -0.3 is 9.80 Å². The minimum Gasteiger partial charge on any atom is -0.308 e. The van der Waals surface area contributed by atoms with Gasteiger partial charge in [-0.05, 0) is 85.6 Å². The number of carbonyl (C=O) groups excluding carboxylic acids is 1. The van der Waals surface area contributed by atoms with E-state index in [-0.39, 0.29) is 5.91 Å². The Hall–Kier alpha value is -2.88. The minimum atomic E-state index is 0.0551. The van der Waals surface area contributed by atoms with Crippen LogP contribution in [0.2, 0.25) is 5.02 Å². The van der Waals surface area contributed by atoms with Crippen LogP contribution < -0.4 is 4.90 Å². The lowest BCUT2D eigenvalue weighted by atomic mass is 9.97. The van der Waals surface area contributed by atoms with Gasteiger partial charge in [-0.25, -0.2) is 0 Å². The second-order valence-electron chi connectivity index (χ2n) is 8.20. The van der Waals surface area contributed by atoms with Crippen molar-refractivity contribution in [2.45, 2.75) is 12.8 Å². The molecule has 0 fully saturated rings. The fraction of sp³-hybridized carbons (Fsp3) is 0.222. The van der Waals surface area contributed by atoms with Crippen LogP contribution in [0.5, 0.6) is 0 Å². The number of nitrogens with zero attached hydrogens (tertiary/aromatic N) is 2. The van der Waals surface area contributed by atoms with Gasteiger partial charge in [-0.15, -0.1) is 0 Å².